The van der Waals surface area contributed by atoms with E-state index in [0.717, 1.165) is 0 Å². The number of hydrogen-bond donors (Lipinski definition) is 2. The summed E-state index contributed by atoms with van der Waals surface area (Å²) in [7, 11) is -3.59. The Morgan fingerprint density at radius 3 is 2.39 bits per heavy atom. The van der Waals surface area contributed by atoms with E-state index in [1.807, 2.05) is 6.92 Å². The van der Waals surface area contributed by atoms with Crippen LogP contribution in [0.4, 0.5) is 5.69 Å². The molecule has 2 amide bonds. The summed E-state index contributed by atoms with van der Waals surface area (Å²) in [4.78, 5) is 24.0. The molecule has 0 bridgehead atoms. The third-order valence-electron chi connectivity index (χ3n) is 5.01. The standard InChI is InChI=1S/C22H27N3O5S/c1-3-30-20-7-9-21(10-8-20)31(28,29)25-13-11-18(12-14-25)24-22(27)17-5-4-6-19(15-17)23-16(2)26/h4-10,15,18H,3,11-14H2,1-2H3,(H,23,26)(H,24,27). The van der Waals surface area contributed by atoms with Crippen LogP contribution >= 0.6 is 0 Å². The highest BCUT2D eigenvalue weighted by molar-refractivity contribution is 7.89. The minimum absolute atomic E-state index is 0.122. The zero-order valence-corrected chi connectivity index (χ0v) is 18.4. The summed E-state index contributed by atoms with van der Waals surface area (Å²) in [6.07, 6.45) is 1.04. The first-order chi connectivity index (χ1) is 14.8. The fraction of sp³-hybridized carbons (Fsp3) is 0.364. The van der Waals surface area contributed by atoms with Crippen molar-refractivity contribution in [2.75, 3.05) is 25.0 Å². The van der Waals surface area contributed by atoms with E-state index in [0.29, 0.717) is 49.5 Å². The number of carbonyl (C=O) groups excluding carboxylic acids is 2. The molecule has 0 aromatic heterocycles. The number of ether oxygens (including phenoxy) is 1. The normalized spacial score (nSPS) is 15.3. The number of anilines is 1. The largest absolute Gasteiger partial charge is 0.494 e. The molecule has 2 aromatic carbocycles. The van der Waals surface area contributed by atoms with Crippen LogP contribution in [0.15, 0.2) is 53.4 Å². The monoisotopic (exact) mass is 445 g/mol. The van der Waals surface area contributed by atoms with Crippen LogP contribution in [-0.4, -0.2) is 50.3 Å². The maximum absolute atomic E-state index is 12.9. The van der Waals surface area contributed by atoms with Gasteiger partial charge >= 0.3 is 0 Å². The predicted molar refractivity (Wildman–Crippen MR) is 118 cm³/mol. The SMILES string of the molecule is CCOc1ccc(S(=O)(=O)N2CCC(NC(=O)c3cccc(NC(C)=O)c3)CC2)cc1. The van der Waals surface area contributed by atoms with Crippen molar-refractivity contribution in [2.24, 2.45) is 0 Å². The van der Waals surface area contributed by atoms with Crippen LogP contribution in [0.2, 0.25) is 0 Å². The topological polar surface area (TPSA) is 105 Å². The average Bonchev–Trinajstić information content (AvgIpc) is 2.74. The Kier molecular flexibility index (Phi) is 7.29. The number of nitrogens with one attached hydrogen (secondary N) is 2. The van der Waals surface area contributed by atoms with Crippen molar-refractivity contribution < 1.29 is 22.7 Å². The lowest BCUT2D eigenvalue weighted by molar-refractivity contribution is -0.114. The summed E-state index contributed by atoms with van der Waals surface area (Å²) in [6.45, 7) is 4.44. The van der Waals surface area contributed by atoms with E-state index < -0.39 is 10.0 Å². The molecule has 0 aliphatic carbocycles. The Morgan fingerprint density at radius 2 is 1.77 bits per heavy atom. The molecule has 0 unspecified atom stereocenters. The number of nitrogens with zero attached hydrogens (tertiary/aromatic N) is 1. The van der Waals surface area contributed by atoms with E-state index in [1.165, 1.54) is 11.2 Å². The lowest BCUT2D eigenvalue weighted by Crippen LogP contribution is -2.46. The Morgan fingerprint density at radius 1 is 1.10 bits per heavy atom. The zero-order chi connectivity index (χ0) is 22.4. The quantitative estimate of drug-likeness (QED) is 0.682. The molecule has 0 spiro atoms. The number of piperidine rings is 1. The van der Waals surface area contributed by atoms with Gasteiger partial charge in [-0.05, 0) is 62.2 Å². The minimum atomic E-state index is -3.59. The molecule has 0 saturated carbocycles. The van der Waals surface area contributed by atoms with E-state index >= 15 is 0 Å². The van der Waals surface area contributed by atoms with Gasteiger partial charge in [0.05, 0.1) is 11.5 Å². The second kappa shape index (κ2) is 9.93. The van der Waals surface area contributed by atoms with E-state index in [2.05, 4.69) is 10.6 Å². The summed E-state index contributed by atoms with van der Waals surface area (Å²) in [5.41, 5.74) is 0.993. The Bertz CT molecular complexity index is 1030. The number of carbonyl (C=O) groups is 2. The van der Waals surface area contributed by atoms with Crippen LogP contribution in [0.3, 0.4) is 0 Å². The number of rotatable bonds is 7. The van der Waals surface area contributed by atoms with Crippen LogP contribution in [-0.2, 0) is 14.8 Å². The van der Waals surface area contributed by atoms with Crippen molar-refractivity contribution in [2.45, 2.75) is 37.6 Å². The molecule has 166 valence electrons. The lowest BCUT2D eigenvalue weighted by Gasteiger charge is -2.31. The molecule has 0 atom stereocenters. The van der Waals surface area contributed by atoms with Gasteiger partial charge in [-0.2, -0.15) is 4.31 Å². The highest BCUT2D eigenvalue weighted by Gasteiger charge is 2.30. The third kappa shape index (κ3) is 5.83. The maximum atomic E-state index is 12.9. The van der Waals surface area contributed by atoms with Crippen molar-refractivity contribution in [1.82, 2.24) is 9.62 Å². The molecule has 2 aromatic rings. The van der Waals surface area contributed by atoms with E-state index in [-0.39, 0.29) is 22.8 Å². The van der Waals surface area contributed by atoms with E-state index in [1.54, 1.807) is 48.5 Å². The molecule has 0 radical (unpaired) electrons. The second-order valence-corrected chi connectivity index (χ2v) is 9.26. The van der Waals surface area contributed by atoms with Gasteiger partial charge in [0.2, 0.25) is 15.9 Å². The summed E-state index contributed by atoms with van der Waals surface area (Å²) in [5, 5.41) is 5.61. The highest BCUT2D eigenvalue weighted by Crippen LogP contribution is 2.23. The van der Waals surface area contributed by atoms with Gasteiger partial charge in [0, 0.05) is 37.3 Å². The maximum Gasteiger partial charge on any atom is 0.251 e. The summed E-state index contributed by atoms with van der Waals surface area (Å²) in [6, 6.07) is 13.0. The first-order valence-corrected chi connectivity index (χ1v) is 11.6. The van der Waals surface area contributed by atoms with Gasteiger partial charge in [-0.1, -0.05) is 6.07 Å². The van der Waals surface area contributed by atoms with Crippen LogP contribution in [0.25, 0.3) is 0 Å². The average molecular weight is 446 g/mol. The smallest absolute Gasteiger partial charge is 0.251 e. The van der Waals surface area contributed by atoms with E-state index in [9.17, 15) is 18.0 Å². The molecule has 1 saturated heterocycles. The summed E-state index contributed by atoms with van der Waals surface area (Å²) >= 11 is 0. The molecule has 1 heterocycles. The van der Waals surface area contributed by atoms with Crippen molar-refractivity contribution in [3.05, 3.63) is 54.1 Å². The first-order valence-electron chi connectivity index (χ1n) is 10.2. The Labute approximate surface area is 182 Å². The molecule has 2 N–H and O–H groups in total. The van der Waals surface area contributed by atoms with Crippen LogP contribution in [0.1, 0.15) is 37.0 Å². The van der Waals surface area contributed by atoms with Crippen LogP contribution in [0, 0.1) is 0 Å². The molecule has 31 heavy (non-hydrogen) atoms. The summed E-state index contributed by atoms with van der Waals surface area (Å²) < 4.78 is 32.6. The lowest BCUT2D eigenvalue weighted by atomic mass is 10.1. The van der Waals surface area contributed by atoms with Crippen LogP contribution in [0.5, 0.6) is 5.75 Å². The molecule has 1 aliphatic rings. The van der Waals surface area contributed by atoms with Gasteiger partial charge in [-0.15, -0.1) is 0 Å². The van der Waals surface area contributed by atoms with Gasteiger partial charge in [-0.3, -0.25) is 9.59 Å². The molecule has 3 rings (SSSR count). The Balaban J connectivity index is 1.57. The fourth-order valence-corrected chi connectivity index (χ4v) is 4.94. The minimum Gasteiger partial charge on any atom is -0.494 e. The van der Waals surface area contributed by atoms with Gasteiger partial charge < -0.3 is 15.4 Å². The first kappa shape index (κ1) is 22.8. The predicted octanol–water partition coefficient (Wildman–Crippen LogP) is 2.63. The molecule has 1 aliphatic heterocycles. The van der Waals surface area contributed by atoms with Gasteiger partial charge in [-0.25, -0.2) is 8.42 Å². The van der Waals surface area contributed by atoms with Crippen molar-refractivity contribution in [1.29, 1.82) is 0 Å². The number of hydrogen-bond acceptors (Lipinski definition) is 5. The van der Waals surface area contributed by atoms with E-state index in [4.69, 9.17) is 4.74 Å². The Hall–Kier alpha value is -2.91. The number of sulfonamides is 1. The molecule has 9 heteroatoms. The number of amides is 2. The van der Waals surface area contributed by atoms with Crippen molar-refractivity contribution in [3.63, 3.8) is 0 Å². The number of benzene rings is 2. The molecule has 8 nitrogen and oxygen atoms in total. The van der Waals surface area contributed by atoms with Crippen LogP contribution < -0.4 is 15.4 Å². The highest BCUT2D eigenvalue weighted by atomic mass is 32.2. The molecular weight excluding hydrogens is 418 g/mol. The van der Waals surface area contributed by atoms with Gasteiger partial charge in [0.25, 0.3) is 5.91 Å². The summed E-state index contributed by atoms with van der Waals surface area (Å²) in [5.74, 6) is 0.170. The third-order valence-corrected chi connectivity index (χ3v) is 6.92. The van der Waals surface area contributed by atoms with Gasteiger partial charge in [0.1, 0.15) is 5.75 Å². The molecular formula is C22H27N3O5S. The zero-order valence-electron chi connectivity index (χ0n) is 17.6. The second-order valence-electron chi connectivity index (χ2n) is 7.32. The van der Waals surface area contributed by atoms with Crippen molar-refractivity contribution >= 4 is 27.5 Å². The van der Waals surface area contributed by atoms with Gasteiger partial charge in [0.15, 0.2) is 0 Å². The fourth-order valence-electron chi connectivity index (χ4n) is 3.47. The molecule has 1 fully saturated rings. The van der Waals surface area contributed by atoms with Crippen molar-refractivity contribution in [3.8, 4) is 5.75 Å².